The van der Waals surface area contributed by atoms with Gasteiger partial charge < -0.3 is 5.32 Å². The highest BCUT2D eigenvalue weighted by Crippen LogP contribution is 2.21. The van der Waals surface area contributed by atoms with Crippen LogP contribution in [0.2, 0.25) is 0 Å². The molecular weight excluding hydrogens is 208 g/mol. The van der Waals surface area contributed by atoms with Crippen LogP contribution >= 0.6 is 0 Å². The van der Waals surface area contributed by atoms with Crippen LogP contribution in [0.15, 0.2) is 0 Å². The molecule has 0 radical (unpaired) electrons. The fourth-order valence-corrected chi connectivity index (χ4v) is 3.99. The van der Waals surface area contributed by atoms with Crippen molar-refractivity contribution in [2.75, 3.05) is 31.1 Å². The van der Waals surface area contributed by atoms with Crippen molar-refractivity contribution in [1.29, 1.82) is 0 Å². The number of hydrogen-bond acceptors (Lipinski definition) is 3. The summed E-state index contributed by atoms with van der Waals surface area (Å²) in [5.74, 6) is 1.85. The Labute approximate surface area is 95.1 Å². The van der Waals surface area contributed by atoms with Crippen molar-refractivity contribution in [3.8, 4) is 0 Å². The quantitative estimate of drug-likeness (QED) is 0.770. The maximum Gasteiger partial charge on any atom is 0.0249 e. The minimum absolute atomic E-state index is 0.515. The van der Waals surface area contributed by atoms with Gasteiger partial charge in [0.05, 0.1) is 0 Å². The van der Waals surface area contributed by atoms with E-state index in [1.54, 1.807) is 0 Å². The van der Waals surface area contributed by atoms with Crippen LogP contribution < -0.4 is 5.32 Å². The normalized spacial score (nSPS) is 38.3. The van der Waals surface area contributed by atoms with Gasteiger partial charge in [-0.05, 0) is 25.8 Å². The molecule has 4 heteroatoms. The Hall–Kier alpha value is 0.0700. The average molecular weight is 230 g/mol. The molecule has 15 heavy (non-hydrogen) atoms. The highest BCUT2D eigenvalue weighted by molar-refractivity contribution is 7.85. The van der Waals surface area contributed by atoms with Gasteiger partial charge in [-0.2, -0.15) is 0 Å². The van der Waals surface area contributed by atoms with Crippen LogP contribution in [0.4, 0.5) is 0 Å². The zero-order valence-corrected chi connectivity index (χ0v) is 10.4. The largest absolute Gasteiger partial charge is 0.313 e. The first-order chi connectivity index (χ1) is 7.29. The standard InChI is InChI=1S/C11H22N2OS/c1-2-12-10-3-6-13(9-10)11-4-7-15(14)8-5-11/h10-12H,2-9H2,1H3. The Morgan fingerprint density at radius 3 is 2.73 bits per heavy atom. The van der Waals surface area contributed by atoms with E-state index in [-0.39, 0.29) is 0 Å². The lowest BCUT2D eigenvalue weighted by molar-refractivity contribution is 0.223. The molecule has 0 amide bonds. The van der Waals surface area contributed by atoms with Crippen LogP contribution in [-0.2, 0) is 10.8 Å². The molecular formula is C11H22N2OS. The van der Waals surface area contributed by atoms with E-state index in [0.29, 0.717) is 12.1 Å². The first-order valence-electron chi connectivity index (χ1n) is 6.12. The average Bonchev–Trinajstić information content (AvgIpc) is 2.68. The van der Waals surface area contributed by atoms with Crippen LogP contribution in [0, 0.1) is 0 Å². The van der Waals surface area contributed by atoms with E-state index >= 15 is 0 Å². The van der Waals surface area contributed by atoms with Crippen molar-refractivity contribution < 1.29 is 4.21 Å². The molecule has 3 nitrogen and oxygen atoms in total. The fraction of sp³-hybridized carbons (Fsp3) is 1.00. The number of nitrogens with zero attached hydrogens (tertiary/aromatic N) is 1. The molecule has 2 rings (SSSR count). The summed E-state index contributed by atoms with van der Waals surface area (Å²) in [6.07, 6.45) is 3.57. The van der Waals surface area contributed by atoms with Gasteiger partial charge in [0.15, 0.2) is 0 Å². The van der Waals surface area contributed by atoms with Crippen molar-refractivity contribution in [3.05, 3.63) is 0 Å². The maximum atomic E-state index is 11.3. The maximum absolute atomic E-state index is 11.3. The van der Waals surface area contributed by atoms with Crippen LogP contribution in [0.3, 0.4) is 0 Å². The molecule has 0 aromatic heterocycles. The summed E-state index contributed by atoms with van der Waals surface area (Å²) < 4.78 is 11.3. The third-order valence-electron chi connectivity index (χ3n) is 3.59. The van der Waals surface area contributed by atoms with E-state index < -0.39 is 10.8 Å². The van der Waals surface area contributed by atoms with Crippen molar-refractivity contribution in [3.63, 3.8) is 0 Å². The second-order valence-corrected chi connectivity index (χ2v) is 6.31. The van der Waals surface area contributed by atoms with Crippen molar-refractivity contribution in [1.82, 2.24) is 10.2 Å². The zero-order valence-electron chi connectivity index (χ0n) is 9.58. The van der Waals surface area contributed by atoms with Gasteiger partial charge in [0.25, 0.3) is 0 Å². The molecule has 2 saturated heterocycles. The molecule has 0 bridgehead atoms. The molecule has 0 aliphatic carbocycles. The van der Waals surface area contributed by atoms with Gasteiger partial charge in [-0.25, -0.2) is 0 Å². The molecule has 0 spiro atoms. The van der Waals surface area contributed by atoms with Crippen LogP contribution in [0.5, 0.6) is 0 Å². The Morgan fingerprint density at radius 1 is 1.33 bits per heavy atom. The Morgan fingerprint density at radius 2 is 2.07 bits per heavy atom. The molecule has 2 fully saturated rings. The smallest absolute Gasteiger partial charge is 0.0249 e. The fourth-order valence-electron chi connectivity index (χ4n) is 2.72. The Kier molecular flexibility index (Phi) is 4.17. The summed E-state index contributed by atoms with van der Waals surface area (Å²) >= 11 is 0. The van der Waals surface area contributed by atoms with Crippen molar-refractivity contribution >= 4 is 10.8 Å². The van der Waals surface area contributed by atoms with E-state index in [4.69, 9.17) is 0 Å². The predicted octanol–water partition coefficient (Wildman–Crippen LogP) is 0.581. The summed E-state index contributed by atoms with van der Waals surface area (Å²) in [6.45, 7) is 5.68. The minimum atomic E-state index is -0.515. The molecule has 0 aromatic rings. The minimum Gasteiger partial charge on any atom is -0.313 e. The second-order valence-electron chi connectivity index (χ2n) is 4.62. The highest BCUT2D eigenvalue weighted by atomic mass is 32.2. The molecule has 0 saturated carbocycles. The van der Waals surface area contributed by atoms with Gasteiger partial charge in [-0.1, -0.05) is 6.92 Å². The summed E-state index contributed by atoms with van der Waals surface area (Å²) in [6, 6.07) is 1.41. The third kappa shape index (κ3) is 3.02. The molecule has 0 aromatic carbocycles. The van der Waals surface area contributed by atoms with Gasteiger partial charge >= 0.3 is 0 Å². The Balaban J connectivity index is 1.78. The molecule has 88 valence electrons. The molecule has 2 heterocycles. The lowest BCUT2D eigenvalue weighted by Gasteiger charge is -2.30. The Bertz CT molecular complexity index is 225. The van der Waals surface area contributed by atoms with Crippen LogP contribution in [0.1, 0.15) is 26.2 Å². The van der Waals surface area contributed by atoms with E-state index in [9.17, 15) is 4.21 Å². The zero-order chi connectivity index (χ0) is 10.7. The van der Waals surface area contributed by atoms with Gasteiger partial charge in [0.1, 0.15) is 0 Å². The number of rotatable bonds is 3. The highest BCUT2D eigenvalue weighted by Gasteiger charge is 2.29. The summed E-state index contributed by atoms with van der Waals surface area (Å²) in [7, 11) is -0.515. The van der Waals surface area contributed by atoms with Gasteiger partial charge in [-0.15, -0.1) is 0 Å². The summed E-state index contributed by atoms with van der Waals surface area (Å²) in [5, 5.41) is 3.52. The van der Waals surface area contributed by atoms with E-state index in [0.717, 1.165) is 30.9 Å². The second kappa shape index (κ2) is 5.41. The third-order valence-corrected chi connectivity index (χ3v) is 4.97. The topological polar surface area (TPSA) is 32.3 Å². The first-order valence-corrected chi connectivity index (χ1v) is 7.61. The first kappa shape index (κ1) is 11.6. The summed E-state index contributed by atoms with van der Waals surface area (Å²) in [5.41, 5.74) is 0. The van der Waals surface area contributed by atoms with Gasteiger partial charge in [-0.3, -0.25) is 9.11 Å². The number of nitrogens with one attached hydrogen (secondary N) is 1. The predicted molar refractivity (Wildman–Crippen MR) is 64.6 cm³/mol. The van der Waals surface area contributed by atoms with E-state index in [1.165, 1.54) is 19.5 Å². The van der Waals surface area contributed by atoms with Crippen LogP contribution in [-0.4, -0.2) is 52.3 Å². The van der Waals surface area contributed by atoms with Crippen LogP contribution in [0.25, 0.3) is 0 Å². The van der Waals surface area contributed by atoms with E-state index in [2.05, 4.69) is 17.1 Å². The van der Waals surface area contributed by atoms with Gasteiger partial charge in [0, 0.05) is 47.5 Å². The monoisotopic (exact) mass is 230 g/mol. The van der Waals surface area contributed by atoms with Crippen molar-refractivity contribution in [2.45, 2.75) is 38.3 Å². The SMILES string of the molecule is CCNC1CCN(C2CCS(=O)CC2)C1. The molecule has 1 unspecified atom stereocenters. The molecule has 2 aliphatic rings. The lowest BCUT2D eigenvalue weighted by Crippen LogP contribution is -2.40. The van der Waals surface area contributed by atoms with E-state index in [1.807, 2.05) is 0 Å². The molecule has 1 atom stereocenters. The number of likely N-dealkylation sites (N-methyl/N-ethyl adjacent to an activating group) is 1. The van der Waals surface area contributed by atoms with Crippen molar-refractivity contribution in [2.24, 2.45) is 0 Å². The number of likely N-dealkylation sites (tertiary alicyclic amines) is 1. The molecule has 1 N–H and O–H groups in total. The summed E-state index contributed by atoms with van der Waals surface area (Å²) in [4.78, 5) is 2.60. The number of hydrogen-bond donors (Lipinski definition) is 1. The van der Waals surface area contributed by atoms with Gasteiger partial charge in [0.2, 0.25) is 0 Å². The molecule has 2 aliphatic heterocycles. The lowest BCUT2D eigenvalue weighted by atomic mass is 10.1.